The quantitative estimate of drug-likeness (QED) is 0.613. The zero-order valence-corrected chi connectivity index (χ0v) is 7.03. The van der Waals surface area contributed by atoms with Crippen molar-refractivity contribution in [1.82, 2.24) is 20.6 Å². The van der Waals surface area contributed by atoms with E-state index in [1.54, 1.807) is 12.3 Å². The molecule has 1 aliphatic heterocycles. The first-order valence-corrected chi connectivity index (χ1v) is 4.15. The lowest BCUT2D eigenvalue weighted by atomic mass is 10.2. The Morgan fingerprint density at radius 2 is 2.46 bits per heavy atom. The molecule has 2 N–H and O–H groups in total. The number of aromatic nitrogens is 2. The second-order valence-electron chi connectivity index (χ2n) is 2.84. The molecule has 0 aliphatic carbocycles. The van der Waals surface area contributed by atoms with Gasteiger partial charge in [0.15, 0.2) is 0 Å². The van der Waals surface area contributed by atoms with Crippen LogP contribution in [0.25, 0.3) is 0 Å². The van der Waals surface area contributed by atoms with Gasteiger partial charge in [-0.25, -0.2) is 9.97 Å². The van der Waals surface area contributed by atoms with E-state index in [9.17, 15) is 4.79 Å². The predicted octanol–water partition coefficient (Wildman–Crippen LogP) is -0.415. The third-order valence-electron chi connectivity index (χ3n) is 1.91. The molecule has 5 nitrogen and oxygen atoms in total. The van der Waals surface area contributed by atoms with Gasteiger partial charge in [0.1, 0.15) is 12.5 Å². The molecule has 2 rings (SSSR count). The Bertz CT molecular complexity index is 300. The van der Waals surface area contributed by atoms with Crippen LogP contribution in [-0.2, 0) is 4.79 Å². The van der Waals surface area contributed by atoms with Crippen molar-refractivity contribution in [1.29, 1.82) is 0 Å². The summed E-state index contributed by atoms with van der Waals surface area (Å²) in [5.41, 5.74) is 0.794. The number of hydrogen-bond acceptors (Lipinski definition) is 4. The number of carbonyl (C=O) groups is 1. The highest BCUT2D eigenvalue weighted by molar-refractivity contribution is 5.77. The fourth-order valence-corrected chi connectivity index (χ4v) is 1.26. The van der Waals surface area contributed by atoms with E-state index in [4.69, 9.17) is 0 Å². The van der Waals surface area contributed by atoms with Gasteiger partial charge >= 0.3 is 0 Å². The first-order valence-electron chi connectivity index (χ1n) is 4.15. The Labute approximate surface area is 75.6 Å². The van der Waals surface area contributed by atoms with Crippen LogP contribution in [0.15, 0.2) is 18.6 Å². The largest absolute Gasteiger partial charge is 0.335 e. The molecule has 5 heteroatoms. The second kappa shape index (κ2) is 3.49. The van der Waals surface area contributed by atoms with Crippen molar-refractivity contribution in [2.75, 3.05) is 6.54 Å². The Morgan fingerprint density at radius 1 is 1.54 bits per heavy atom. The molecular formula is C8H10N4O. The second-order valence-corrected chi connectivity index (χ2v) is 2.84. The predicted molar refractivity (Wildman–Crippen MR) is 45.5 cm³/mol. The van der Waals surface area contributed by atoms with Gasteiger partial charge in [-0.15, -0.1) is 0 Å². The summed E-state index contributed by atoms with van der Waals surface area (Å²) in [5.74, 6) is 0.0577. The summed E-state index contributed by atoms with van der Waals surface area (Å²) in [7, 11) is 0. The summed E-state index contributed by atoms with van der Waals surface area (Å²) in [6.45, 7) is 0.695. The minimum atomic E-state index is -0.163. The highest BCUT2D eigenvalue weighted by Crippen LogP contribution is 2.07. The molecule has 1 unspecified atom stereocenters. The summed E-state index contributed by atoms with van der Waals surface area (Å²) in [6.07, 6.45) is 3.49. The van der Waals surface area contributed by atoms with Gasteiger partial charge in [-0.05, 0) is 6.07 Å². The molecular weight excluding hydrogens is 168 g/mol. The molecule has 0 spiro atoms. The van der Waals surface area contributed by atoms with E-state index in [1.807, 2.05) is 0 Å². The van der Waals surface area contributed by atoms with Crippen molar-refractivity contribution in [2.45, 2.75) is 12.6 Å². The lowest BCUT2D eigenvalue weighted by Crippen LogP contribution is -2.45. The number of carbonyl (C=O) groups excluding carboxylic acids is 1. The molecule has 0 aromatic carbocycles. The summed E-state index contributed by atoms with van der Waals surface area (Å²) in [5, 5.41) is 5.94. The van der Waals surface area contributed by atoms with Crippen molar-refractivity contribution < 1.29 is 4.79 Å². The molecule has 1 aromatic heterocycles. The Morgan fingerprint density at radius 3 is 3.15 bits per heavy atom. The van der Waals surface area contributed by atoms with Gasteiger partial charge in [0.05, 0.1) is 5.69 Å². The van der Waals surface area contributed by atoms with Gasteiger partial charge in [-0.2, -0.15) is 0 Å². The average molecular weight is 178 g/mol. The van der Waals surface area contributed by atoms with E-state index in [0.29, 0.717) is 13.0 Å². The van der Waals surface area contributed by atoms with Crippen LogP contribution in [0.3, 0.4) is 0 Å². The minimum Gasteiger partial charge on any atom is -0.335 e. The smallest absolute Gasteiger partial charge is 0.222 e. The van der Waals surface area contributed by atoms with Gasteiger partial charge in [-0.3, -0.25) is 10.1 Å². The highest BCUT2D eigenvalue weighted by atomic mass is 16.1. The number of nitrogens with zero attached hydrogens (tertiary/aromatic N) is 2. The maximum Gasteiger partial charge on any atom is 0.222 e. The van der Waals surface area contributed by atoms with Crippen LogP contribution in [0.5, 0.6) is 0 Å². The molecule has 1 fully saturated rings. The molecule has 0 bridgehead atoms. The Kier molecular flexibility index (Phi) is 2.18. The molecule has 1 saturated heterocycles. The first kappa shape index (κ1) is 8.12. The van der Waals surface area contributed by atoms with Crippen molar-refractivity contribution >= 4 is 5.91 Å². The standard InChI is InChI=1S/C8H10N4O/c13-7-2-4-10-8(12-7)6-1-3-9-5-11-6/h1,3,5,8,10H,2,4H2,(H,12,13). The van der Waals surface area contributed by atoms with E-state index in [-0.39, 0.29) is 12.1 Å². The monoisotopic (exact) mass is 178 g/mol. The molecule has 1 amide bonds. The molecule has 68 valence electrons. The third kappa shape index (κ3) is 1.81. The van der Waals surface area contributed by atoms with Gasteiger partial charge in [0.25, 0.3) is 0 Å². The van der Waals surface area contributed by atoms with E-state index in [1.165, 1.54) is 6.33 Å². The average Bonchev–Trinajstić information content (AvgIpc) is 2.19. The van der Waals surface area contributed by atoms with E-state index >= 15 is 0 Å². The zero-order valence-electron chi connectivity index (χ0n) is 7.03. The van der Waals surface area contributed by atoms with Crippen LogP contribution in [0.2, 0.25) is 0 Å². The van der Waals surface area contributed by atoms with Gasteiger partial charge < -0.3 is 5.32 Å². The molecule has 0 saturated carbocycles. The molecule has 0 radical (unpaired) electrons. The molecule has 13 heavy (non-hydrogen) atoms. The Balaban J connectivity index is 2.13. The van der Waals surface area contributed by atoms with Crippen LogP contribution in [0.1, 0.15) is 18.3 Å². The summed E-state index contributed by atoms with van der Waals surface area (Å²) < 4.78 is 0. The maximum atomic E-state index is 11.1. The Hall–Kier alpha value is -1.49. The van der Waals surface area contributed by atoms with E-state index in [0.717, 1.165) is 5.69 Å². The zero-order chi connectivity index (χ0) is 9.10. The van der Waals surface area contributed by atoms with Gasteiger partial charge in [0, 0.05) is 19.2 Å². The minimum absolute atomic E-state index is 0.0577. The summed E-state index contributed by atoms with van der Waals surface area (Å²) in [6, 6.07) is 1.78. The van der Waals surface area contributed by atoms with E-state index in [2.05, 4.69) is 20.6 Å². The van der Waals surface area contributed by atoms with Crippen molar-refractivity contribution in [3.63, 3.8) is 0 Å². The van der Waals surface area contributed by atoms with Crippen LogP contribution < -0.4 is 10.6 Å². The lowest BCUT2D eigenvalue weighted by Gasteiger charge is -2.23. The van der Waals surface area contributed by atoms with Crippen LogP contribution in [0.4, 0.5) is 0 Å². The molecule has 1 aromatic rings. The van der Waals surface area contributed by atoms with Gasteiger partial charge in [0.2, 0.25) is 5.91 Å². The maximum absolute atomic E-state index is 11.1. The van der Waals surface area contributed by atoms with Crippen molar-refractivity contribution in [3.8, 4) is 0 Å². The topological polar surface area (TPSA) is 66.9 Å². The highest BCUT2D eigenvalue weighted by Gasteiger charge is 2.19. The van der Waals surface area contributed by atoms with E-state index < -0.39 is 0 Å². The molecule has 2 heterocycles. The van der Waals surface area contributed by atoms with Gasteiger partial charge in [-0.1, -0.05) is 0 Å². The third-order valence-corrected chi connectivity index (χ3v) is 1.91. The fraction of sp³-hybridized carbons (Fsp3) is 0.375. The number of amides is 1. The number of rotatable bonds is 1. The lowest BCUT2D eigenvalue weighted by molar-refractivity contribution is -0.123. The SMILES string of the molecule is O=C1CCNC(c2ccncn2)N1. The number of hydrogen-bond donors (Lipinski definition) is 2. The number of nitrogens with one attached hydrogen (secondary N) is 2. The fourth-order valence-electron chi connectivity index (χ4n) is 1.26. The molecule has 1 aliphatic rings. The van der Waals surface area contributed by atoms with Crippen LogP contribution >= 0.6 is 0 Å². The summed E-state index contributed by atoms with van der Waals surface area (Å²) >= 11 is 0. The summed E-state index contributed by atoms with van der Waals surface area (Å²) in [4.78, 5) is 18.9. The van der Waals surface area contributed by atoms with Crippen LogP contribution in [-0.4, -0.2) is 22.4 Å². The van der Waals surface area contributed by atoms with Crippen LogP contribution in [0, 0.1) is 0 Å². The van der Waals surface area contributed by atoms with Crippen molar-refractivity contribution in [3.05, 3.63) is 24.3 Å². The molecule has 1 atom stereocenters. The first-order chi connectivity index (χ1) is 6.36. The normalized spacial score (nSPS) is 22.5. The van der Waals surface area contributed by atoms with Crippen molar-refractivity contribution in [2.24, 2.45) is 0 Å².